The molecule has 0 spiro atoms. The van der Waals surface area contributed by atoms with Crippen molar-refractivity contribution in [1.82, 2.24) is 9.97 Å². The van der Waals surface area contributed by atoms with E-state index >= 15 is 0 Å². The van der Waals surface area contributed by atoms with Crippen LogP contribution >= 0.6 is 15.9 Å². The van der Waals surface area contributed by atoms with Crippen molar-refractivity contribution >= 4 is 33.3 Å². The number of halogens is 1. The van der Waals surface area contributed by atoms with E-state index in [0.717, 1.165) is 15.7 Å². The van der Waals surface area contributed by atoms with Crippen molar-refractivity contribution in [3.05, 3.63) is 59.0 Å². The zero-order valence-corrected chi connectivity index (χ0v) is 13.1. The van der Waals surface area contributed by atoms with E-state index in [9.17, 15) is 4.79 Å². The Morgan fingerprint density at radius 1 is 1.38 bits per heavy atom. The molecule has 1 aromatic heterocycles. The molecule has 0 aliphatic rings. The normalized spacial score (nSPS) is 10.0. The molecule has 2 N–H and O–H groups in total. The number of hydrogen-bond donors (Lipinski definition) is 2. The van der Waals surface area contributed by atoms with Crippen LogP contribution in [-0.4, -0.2) is 22.4 Å². The van der Waals surface area contributed by atoms with Gasteiger partial charge in [0.05, 0.1) is 0 Å². The molecule has 0 radical (unpaired) electrons. The van der Waals surface area contributed by atoms with E-state index in [4.69, 9.17) is 0 Å². The topological polar surface area (TPSA) is 66.9 Å². The zero-order valence-electron chi connectivity index (χ0n) is 11.6. The molecule has 0 saturated heterocycles. The molecule has 21 heavy (non-hydrogen) atoms. The van der Waals surface area contributed by atoms with Crippen molar-refractivity contribution in [3.63, 3.8) is 0 Å². The van der Waals surface area contributed by atoms with Gasteiger partial charge in [0.25, 0.3) is 5.91 Å². The van der Waals surface area contributed by atoms with Gasteiger partial charge in [0.2, 0.25) is 0 Å². The van der Waals surface area contributed by atoms with Gasteiger partial charge in [-0.15, -0.1) is 6.58 Å². The van der Waals surface area contributed by atoms with E-state index in [1.165, 1.54) is 6.33 Å². The van der Waals surface area contributed by atoms with Gasteiger partial charge in [0, 0.05) is 22.8 Å². The Labute approximate surface area is 131 Å². The zero-order chi connectivity index (χ0) is 15.2. The summed E-state index contributed by atoms with van der Waals surface area (Å²) in [4.78, 5) is 20.2. The summed E-state index contributed by atoms with van der Waals surface area (Å²) in [6, 6.07) is 7.26. The standard InChI is InChI=1S/C15H15BrN4O/c1-3-6-17-14-8-13(18-9-19-14)15(21)20-12-5-4-11(16)7-10(12)2/h3-5,7-9H,1,6H2,2H3,(H,20,21)(H,17,18,19). The van der Waals surface area contributed by atoms with Gasteiger partial charge < -0.3 is 10.6 Å². The lowest BCUT2D eigenvalue weighted by molar-refractivity contribution is 0.102. The fraction of sp³-hybridized carbons (Fsp3) is 0.133. The molecule has 108 valence electrons. The summed E-state index contributed by atoms with van der Waals surface area (Å²) in [6.45, 7) is 6.12. The van der Waals surface area contributed by atoms with E-state index < -0.39 is 0 Å². The van der Waals surface area contributed by atoms with Gasteiger partial charge in [0.15, 0.2) is 0 Å². The lowest BCUT2D eigenvalue weighted by Gasteiger charge is -2.09. The minimum atomic E-state index is -0.274. The number of nitrogens with one attached hydrogen (secondary N) is 2. The van der Waals surface area contributed by atoms with Gasteiger partial charge in [-0.25, -0.2) is 9.97 Å². The summed E-state index contributed by atoms with van der Waals surface area (Å²) in [7, 11) is 0. The molecular formula is C15H15BrN4O. The van der Waals surface area contributed by atoms with Crippen molar-refractivity contribution in [3.8, 4) is 0 Å². The quantitative estimate of drug-likeness (QED) is 0.814. The average molecular weight is 347 g/mol. The van der Waals surface area contributed by atoms with Crippen LogP contribution in [0.4, 0.5) is 11.5 Å². The number of carbonyl (C=O) groups excluding carboxylic acids is 1. The molecule has 0 fully saturated rings. The Balaban J connectivity index is 2.14. The summed E-state index contributed by atoms with van der Waals surface area (Å²) < 4.78 is 0.968. The fourth-order valence-corrected chi connectivity index (χ4v) is 2.18. The molecule has 5 nitrogen and oxygen atoms in total. The third-order valence-corrected chi connectivity index (χ3v) is 3.26. The second kappa shape index (κ2) is 6.99. The Kier molecular flexibility index (Phi) is 5.05. The van der Waals surface area contributed by atoms with Gasteiger partial charge in [-0.05, 0) is 30.7 Å². The van der Waals surface area contributed by atoms with Crippen molar-refractivity contribution in [2.24, 2.45) is 0 Å². The van der Waals surface area contributed by atoms with E-state index in [2.05, 4.69) is 43.1 Å². The molecule has 6 heteroatoms. The average Bonchev–Trinajstić information content (AvgIpc) is 2.48. The van der Waals surface area contributed by atoms with Gasteiger partial charge >= 0.3 is 0 Å². The highest BCUT2D eigenvalue weighted by molar-refractivity contribution is 9.10. The first-order valence-corrected chi connectivity index (χ1v) is 7.14. The number of amides is 1. The van der Waals surface area contributed by atoms with E-state index in [1.54, 1.807) is 12.1 Å². The second-order valence-electron chi connectivity index (χ2n) is 4.37. The first kappa shape index (κ1) is 15.2. The predicted octanol–water partition coefficient (Wildman–Crippen LogP) is 3.40. The molecule has 1 heterocycles. The molecule has 0 saturated carbocycles. The smallest absolute Gasteiger partial charge is 0.274 e. The Hall–Kier alpha value is -2.21. The van der Waals surface area contributed by atoms with Gasteiger partial charge in [0.1, 0.15) is 17.8 Å². The highest BCUT2D eigenvalue weighted by Gasteiger charge is 2.10. The number of nitrogens with zero attached hydrogens (tertiary/aromatic N) is 2. The molecular weight excluding hydrogens is 332 g/mol. The summed E-state index contributed by atoms with van der Waals surface area (Å²) in [6.07, 6.45) is 3.07. The molecule has 2 rings (SSSR count). The predicted molar refractivity (Wildman–Crippen MR) is 87.6 cm³/mol. The van der Waals surface area contributed by atoms with Crippen LogP contribution in [0.2, 0.25) is 0 Å². The Morgan fingerprint density at radius 2 is 2.19 bits per heavy atom. The molecule has 0 aliphatic heterocycles. The van der Waals surface area contributed by atoms with Crippen molar-refractivity contribution in [1.29, 1.82) is 0 Å². The van der Waals surface area contributed by atoms with Crippen LogP contribution in [0.15, 0.2) is 47.7 Å². The second-order valence-corrected chi connectivity index (χ2v) is 5.29. The monoisotopic (exact) mass is 346 g/mol. The molecule has 0 bridgehead atoms. The van der Waals surface area contributed by atoms with E-state index in [1.807, 2.05) is 25.1 Å². The third kappa shape index (κ3) is 4.13. The SMILES string of the molecule is C=CCNc1cc(C(=O)Nc2ccc(Br)cc2C)ncn1. The Bertz CT molecular complexity index is 672. The van der Waals surface area contributed by atoms with Gasteiger partial charge in [-0.1, -0.05) is 22.0 Å². The maximum absolute atomic E-state index is 12.2. The third-order valence-electron chi connectivity index (χ3n) is 2.76. The lowest BCUT2D eigenvalue weighted by Crippen LogP contribution is -2.15. The van der Waals surface area contributed by atoms with Crippen molar-refractivity contribution in [2.75, 3.05) is 17.2 Å². The highest BCUT2D eigenvalue weighted by atomic mass is 79.9. The van der Waals surface area contributed by atoms with Crippen LogP contribution in [0, 0.1) is 6.92 Å². The van der Waals surface area contributed by atoms with Crippen LogP contribution in [0.1, 0.15) is 16.1 Å². The number of benzene rings is 1. The maximum atomic E-state index is 12.2. The molecule has 2 aromatic rings. The minimum absolute atomic E-state index is 0.274. The highest BCUT2D eigenvalue weighted by Crippen LogP contribution is 2.20. The first-order chi connectivity index (χ1) is 10.1. The van der Waals surface area contributed by atoms with Gasteiger partial charge in [-0.2, -0.15) is 0 Å². The lowest BCUT2D eigenvalue weighted by atomic mass is 10.2. The number of rotatable bonds is 5. The summed E-state index contributed by atoms with van der Waals surface area (Å²) in [5.41, 5.74) is 2.03. The molecule has 1 aromatic carbocycles. The van der Waals surface area contributed by atoms with Crippen LogP contribution in [-0.2, 0) is 0 Å². The number of aryl methyl sites for hydroxylation is 1. The molecule has 0 unspecified atom stereocenters. The van der Waals surface area contributed by atoms with Crippen LogP contribution in [0.25, 0.3) is 0 Å². The van der Waals surface area contributed by atoms with Crippen LogP contribution < -0.4 is 10.6 Å². The van der Waals surface area contributed by atoms with Crippen molar-refractivity contribution < 1.29 is 4.79 Å². The van der Waals surface area contributed by atoms with E-state index in [-0.39, 0.29) is 5.91 Å². The number of hydrogen-bond acceptors (Lipinski definition) is 4. The molecule has 1 amide bonds. The Morgan fingerprint density at radius 3 is 2.90 bits per heavy atom. The van der Waals surface area contributed by atoms with Crippen LogP contribution in [0.3, 0.4) is 0 Å². The van der Waals surface area contributed by atoms with Crippen molar-refractivity contribution in [2.45, 2.75) is 6.92 Å². The van der Waals surface area contributed by atoms with E-state index in [0.29, 0.717) is 18.1 Å². The number of carbonyl (C=O) groups is 1. The summed E-state index contributed by atoms with van der Waals surface area (Å²) >= 11 is 3.39. The first-order valence-electron chi connectivity index (χ1n) is 6.34. The number of aromatic nitrogens is 2. The van der Waals surface area contributed by atoms with Crippen LogP contribution in [0.5, 0.6) is 0 Å². The van der Waals surface area contributed by atoms with Gasteiger partial charge in [-0.3, -0.25) is 4.79 Å². The maximum Gasteiger partial charge on any atom is 0.274 e. The molecule has 0 atom stereocenters. The largest absolute Gasteiger partial charge is 0.366 e. The number of anilines is 2. The minimum Gasteiger partial charge on any atom is -0.366 e. The molecule has 0 aliphatic carbocycles. The summed E-state index contributed by atoms with van der Waals surface area (Å²) in [5.74, 6) is 0.312. The fourth-order valence-electron chi connectivity index (χ4n) is 1.71. The summed E-state index contributed by atoms with van der Waals surface area (Å²) in [5, 5.41) is 5.86.